The Hall–Kier alpha value is -1.91. The van der Waals surface area contributed by atoms with Gasteiger partial charge in [0.05, 0.1) is 12.0 Å². The first-order chi connectivity index (χ1) is 9.90. The van der Waals surface area contributed by atoms with E-state index in [-0.39, 0.29) is 0 Å². The Balaban J connectivity index is 2.82. The van der Waals surface area contributed by atoms with Crippen LogP contribution in [0.25, 0.3) is 0 Å². The molecule has 1 rings (SSSR count). The molecule has 3 unspecified atom stereocenters. The van der Waals surface area contributed by atoms with E-state index in [1.54, 1.807) is 5.92 Å². The lowest BCUT2D eigenvalue weighted by Gasteiger charge is -2.12. The number of halogens is 6. The van der Waals surface area contributed by atoms with E-state index < -0.39 is 53.5 Å². The zero-order valence-electron chi connectivity index (χ0n) is 11.5. The van der Waals surface area contributed by atoms with Crippen molar-refractivity contribution in [3.63, 3.8) is 0 Å². The van der Waals surface area contributed by atoms with Crippen molar-refractivity contribution < 1.29 is 35.9 Å². The average molecular weight is 326 g/mol. The summed E-state index contributed by atoms with van der Waals surface area (Å²) in [7, 11) is 0. The maximum Gasteiger partial charge on any atom is 0.412 e. The molecule has 0 aliphatic heterocycles. The Morgan fingerprint density at radius 3 is 2.27 bits per heavy atom. The number of terminal acetylenes is 1. The first-order valence-corrected chi connectivity index (χ1v) is 6.04. The lowest BCUT2D eigenvalue weighted by Crippen LogP contribution is -2.21. The van der Waals surface area contributed by atoms with Crippen molar-refractivity contribution in [3.8, 4) is 12.3 Å². The van der Waals surface area contributed by atoms with Crippen molar-refractivity contribution in [1.29, 1.82) is 0 Å². The van der Waals surface area contributed by atoms with Gasteiger partial charge in [0.1, 0.15) is 0 Å². The predicted molar refractivity (Wildman–Crippen MR) is 65.0 cm³/mol. The average Bonchev–Trinajstić information content (AvgIpc) is 2.84. The third kappa shape index (κ3) is 4.29. The van der Waals surface area contributed by atoms with Gasteiger partial charge >= 0.3 is 12.1 Å². The first kappa shape index (κ1) is 18.1. The van der Waals surface area contributed by atoms with Crippen molar-refractivity contribution in [2.24, 2.45) is 17.3 Å². The molecule has 0 aromatic rings. The minimum absolute atomic E-state index is 0.554. The van der Waals surface area contributed by atoms with Crippen LogP contribution in [0.5, 0.6) is 0 Å². The van der Waals surface area contributed by atoms with E-state index in [1.165, 1.54) is 13.8 Å². The molecule has 0 radical (unpaired) electrons. The molecule has 2 nitrogen and oxygen atoms in total. The van der Waals surface area contributed by atoms with Crippen LogP contribution >= 0.6 is 0 Å². The number of hydrogen-bond donors (Lipinski definition) is 0. The summed E-state index contributed by atoms with van der Waals surface area (Å²) in [5.74, 6) is -3.28. The van der Waals surface area contributed by atoms with Crippen molar-refractivity contribution in [3.05, 3.63) is 24.1 Å². The molecule has 0 amide bonds. The Kier molecular flexibility index (Phi) is 5.00. The number of carbonyl (C=O) groups excluding carboxylic acids is 1. The van der Waals surface area contributed by atoms with E-state index in [4.69, 9.17) is 6.42 Å². The summed E-state index contributed by atoms with van der Waals surface area (Å²) in [4.78, 5) is 11.8. The third-order valence-electron chi connectivity index (χ3n) is 3.41. The summed E-state index contributed by atoms with van der Waals surface area (Å²) < 4.78 is 78.3. The van der Waals surface area contributed by atoms with Crippen LogP contribution in [0.4, 0.5) is 26.3 Å². The van der Waals surface area contributed by atoms with E-state index in [2.05, 4.69) is 4.74 Å². The molecule has 1 aliphatic carbocycles. The number of esters is 1. The largest absolute Gasteiger partial charge is 0.441 e. The molecule has 1 saturated carbocycles. The van der Waals surface area contributed by atoms with Crippen LogP contribution in [0.1, 0.15) is 13.8 Å². The van der Waals surface area contributed by atoms with Gasteiger partial charge < -0.3 is 4.74 Å². The zero-order valence-corrected chi connectivity index (χ0v) is 11.5. The Labute approximate surface area is 122 Å². The van der Waals surface area contributed by atoms with Gasteiger partial charge in [0.2, 0.25) is 6.10 Å². The van der Waals surface area contributed by atoms with Crippen LogP contribution < -0.4 is 0 Å². The zero-order chi connectivity index (χ0) is 17.3. The lowest BCUT2D eigenvalue weighted by molar-refractivity contribution is -0.148. The molecule has 3 atom stereocenters. The first-order valence-electron chi connectivity index (χ1n) is 6.04. The number of carbonyl (C=O) groups is 1. The summed E-state index contributed by atoms with van der Waals surface area (Å²) >= 11 is 0. The third-order valence-corrected chi connectivity index (χ3v) is 3.41. The fraction of sp³-hybridized carbons (Fsp3) is 0.500. The molecule has 1 aliphatic rings. The summed E-state index contributed by atoms with van der Waals surface area (Å²) in [6.45, 7) is 2.99. The molecule has 8 heteroatoms. The Morgan fingerprint density at radius 1 is 1.32 bits per heavy atom. The topological polar surface area (TPSA) is 26.3 Å². The number of hydrogen-bond acceptors (Lipinski definition) is 2. The summed E-state index contributed by atoms with van der Waals surface area (Å²) in [6.07, 6.45) is -4.44. The van der Waals surface area contributed by atoms with E-state index in [9.17, 15) is 31.1 Å². The number of rotatable bonds is 4. The van der Waals surface area contributed by atoms with Crippen molar-refractivity contribution in [2.45, 2.75) is 26.1 Å². The van der Waals surface area contributed by atoms with Crippen molar-refractivity contribution >= 4 is 5.97 Å². The minimum Gasteiger partial charge on any atom is -0.441 e. The highest BCUT2D eigenvalue weighted by Gasteiger charge is 2.62. The van der Waals surface area contributed by atoms with E-state index in [0.29, 0.717) is 6.08 Å². The second-order valence-electron chi connectivity index (χ2n) is 5.34. The van der Waals surface area contributed by atoms with E-state index >= 15 is 0 Å². The Morgan fingerprint density at radius 2 is 1.86 bits per heavy atom. The molecule has 0 heterocycles. The van der Waals surface area contributed by atoms with Crippen molar-refractivity contribution in [1.82, 2.24) is 0 Å². The smallest absolute Gasteiger partial charge is 0.412 e. The molecule has 22 heavy (non-hydrogen) atoms. The van der Waals surface area contributed by atoms with Crippen molar-refractivity contribution in [2.75, 3.05) is 0 Å². The minimum atomic E-state index is -4.97. The maximum atomic E-state index is 13.3. The van der Waals surface area contributed by atoms with Gasteiger partial charge in [-0.2, -0.15) is 22.0 Å². The van der Waals surface area contributed by atoms with Gasteiger partial charge in [0.15, 0.2) is 5.83 Å². The van der Waals surface area contributed by atoms with Crippen LogP contribution in [-0.4, -0.2) is 18.2 Å². The quantitative estimate of drug-likeness (QED) is 0.443. The fourth-order valence-corrected chi connectivity index (χ4v) is 2.17. The summed E-state index contributed by atoms with van der Waals surface area (Å²) in [6, 6.07) is 0. The van der Waals surface area contributed by atoms with Crippen LogP contribution in [-0.2, 0) is 9.53 Å². The SMILES string of the molecule is C#CC(OC(=O)C1C(C=C(F)F)C1(C)C)C(F)=CC(F)(F)F. The number of allylic oxidation sites excluding steroid dienone is 2. The fourth-order valence-electron chi connectivity index (χ4n) is 2.17. The second-order valence-corrected chi connectivity index (χ2v) is 5.34. The Bertz CT molecular complexity index is 549. The van der Waals surface area contributed by atoms with Crippen LogP contribution in [0, 0.1) is 29.6 Å². The number of ether oxygens (including phenoxy) is 1. The predicted octanol–water partition coefficient (Wildman–Crippen LogP) is 4.00. The maximum absolute atomic E-state index is 13.3. The van der Waals surface area contributed by atoms with E-state index in [1.807, 2.05) is 0 Å². The van der Waals surface area contributed by atoms with Gasteiger partial charge in [-0.25, -0.2) is 4.39 Å². The molecule has 0 spiro atoms. The molecular weight excluding hydrogens is 314 g/mol. The normalized spacial score (nSPS) is 25.0. The highest BCUT2D eigenvalue weighted by molar-refractivity contribution is 5.78. The van der Waals surface area contributed by atoms with Gasteiger partial charge in [0, 0.05) is 5.92 Å². The molecule has 0 aromatic heterocycles. The second kappa shape index (κ2) is 6.07. The standard InChI is InChI=1S/C14H12F6O2/c1-4-9(8(15)6-14(18,19)20)22-12(21)11-7(5-10(16)17)13(11,2)3/h1,5-7,9,11H,2-3H3. The van der Waals surface area contributed by atoms with Crippen LogP contribution in [0.3, 0.4) is 0 Å². The van der Waals surface area contributed by atoms with Gasteiger partial charge in [0.25, 0.3) is 6.08 Å². The monoisotopic (exact) mass is 326 g/mol. The van der Waals surface area contributed by atoms with Gasteiger partial charge in [-0.15, -0.1) is 6.42 Å². The molecular formula is C14H12F6O2. The van der Waals surface area contributed by atoms with Gasteiger partial charge in [-0.1, -0.05) is 19.8 Å². The lowest BCUT2D eigenvalue weighted by atomic mass is 10.1. The van der Waals surface area contributed by atoms with Gasteiger partial charge in [-0.3, -0.25) is 4.79 Å². The molecule has 122 valence electrons. The molecule has 0 saturated heterocycles. The molecule has 1 fully saturated rings. The molecule has 0 bridgehead atoms. The highest BCUT2D eigenvalue weighted by atomic mass is 19.4. The van der Waals surface area contributed by atoms with Gasteiger partial charge in [-0.05, 0) is 11.5 Å². The number of alkyl halides is 3. The molecule has 0 aromatic carbocycles. The van der Waals surface area contributed by atoms with Crippen LogP contribution in [0.2, 0.25) is 0 Å². The summed E-state index contributed by atoms with van der Waals surface area (Å²) in [5.41, 5.74) is -0.871. The van der Waals surface area contributed by atoms with E-state index in [0.717, 1.165) is 0 Å². The molecule has 0 N–H and O–H groups in total. The summed E-state index contributed by atoms with van der Waals surface area (Å²) in [5, 5.41) is 0. The highest BCUT2D eigenvalue weighted by Crippen LogP contribution is 2.60. The van der Waals surface area contributed by atoms with Crippen LogP contribution in [0.15, 0.2) is 24.1 Å².